The van der Waals surface area contributed by atoms with Gasteiger partial charge in [-0.25, -0.2) is 9.18 Å². The Morgan fingerprint density at radius 2 is 1.56 bits per heavy atom. The van der Waals surface area contributed by atoms with Crippen molar-refractivity contribution in [3.05, 3.63) is 47.8 Å². The molecule has 7 heteroatoms. The number of benzene rings is 2. The van der Waals surface area contributed by atoms with Gasteiger partial charge < -0.3 is 24.8 Å². The molecule has 0 saturated carbocycles. The molecular weight excluding hydrogens is 327 g/mol. The molecule has 2 aromatic carbocycles. The molecule has 2 N–H and O–H groups in total. The van der Waals surface area contributed by atoms with Crippen LogP contribution >= 0.6 is 0 Å². The van der Waals surface area contributed by atoms with E-state index in [9.17, 15) is 9.18 Å². The topological polar surface area (TPSA) is 68.8 Å². The number of hydrogen-bond donors (Lipinski definition) is 2. The molecule has 0 bridgehead atoms. The van der Waals surface area contributed by atoms with Gasteiger partial charge in [-0.2, -0.15) is 0 Å². The van der Waals surface area contributed by atoms with Gasteiger partial charge in [-0.15, -0.1) is 0 Å². The number of urea groups is 1. The highest BCUT2D eigenvalue weighted by Crippen LogP contribution is 2.39. The highest BCUT2D eigenvalue weighted by molar-refractivity contribution is 5.90. The monoisotopic (exact) mass is 348 g/mol. The fraction of sp³-hybridized carbons (Fsp3) is 0.278. The normalized spacial score (nSPS) is 11.4. The first-order valence-corrected chi connectivity index (χ1v) is 7.61. The summed E-state index contributed by atoms with van der Waals surface area (Å²) in [5.74, 6) is 0.987. The lowest BCUT2D eigenvalue weighted by molar-refractivity contribution is 0.249. The Labute approximate surface area is 145 Å². The zero-order valence-corrected chi connectivity index (χ0v) is 14.6. The largest absolute Gasteiger partial charge is 0.493 e. The molecule has 0 heterocycles. The number of halogens is 1. The van der Waals surface area contributed by atoms with Crippen molar-refractivity contribution in [2.45, 2.75) is 13.0 Å². The van der Waals surface area contributed by atoms with Crippen LogP contribution in [0.5, 0.6) is 17.2 Å². The van der Waals surface area contributed by atoms with Crippen molar-refractivity contribution < 1.29 is 23.4 Å². The second kappa shape index (κ2) is 8.23. The van der Waals surface area contributed by atoms with Gasteiger partial charge in [-0.3, -0.25) is 0 Å². The Bertz CT molecular complexity index is 709. The van der Waals surface area contributed by atoms with Crippen molar-refractivity contribution >= 4 is 11.7 Å². The summed E-state index contributed by atoms with van der Waals surface area (Å²) in [5, 5.41) is 5.50. The van der Waals surface area contributed by atoms with Crippen molar-refractivity contribution in [3.63, 3.8) is 0 Å². The summed E-state index contributed by atoms with van der Waals surface area (Å²) in [6.45, 7) is 1.81. The van der Waals surface area contributed by atoms with Gasteiger partial charge in [0.25, 0.3) is 0 Å². The molecule has 0 aromatic heterocycles. The van der Waals surface area contributed by atoms with Crippen molar-refractivity contribution in [3.8, 4) is 17.2 Å². The minimum Gasteiger partial charge on any atom is -0.493 e. The Balaban J connectivity index is 2.10. The second-order valence-corrected chi connectivity index (χ2v) is 5.29. The van der Waals surface area contributed by atoms with E-state index in [-0.39, 0.29) is 11.9 Å². The average molecular weight is 348 g/mol. The maximum absolute atomic E-state index is 13.0. The number of anilines is 1. The van der Waals surface area contributed by atoms with Crippen LogP contribution in [0.4, 0.5) is 14.9 Å². The fourth-order valence-electron chi connectivity index (χ4n) is 2.35. The average Bonchev–Trinajstić information content (AvgIpc) is 2.61. The van der Waals surface area contributed by atoms with Crippen molar-refractivity contribution in [1.82, 2.24) is 5.32 Å². The highest BCUT2D eigenvalue weighted by Gasteiger charge is 2.15. The lowest BCUT2D eigenvalue weighted by atomic mass is 10.1. The second-order valence-electron chi connectivity index (χ2n) is 5.29. The first kappa shape index (κ1) is 18.4. The van der Waals surface area contributed by atoms with Crippen LogP contribution in [0.3, 0.4) is 0 Å². The van der Waals surface area contributed by atoms with E-state index in [2.05, 4.69) is 10.6 Å². The zero-order valence-electron chi connectivity index (χ0n) is 14.6. The molecule has 6 nitrogen and oxygen atoms in total. The first-order chi connectivity index (χ1) is 12.0. The molecule has 1 unspecified atom stereocenters. The minimum absolute atomic E-state index is 0.289. The molecule has 134 valence electrons. The van der Waals surface area contributed by atoms with Gasteiger partial charge in [0.05, 0.1) is 33.1 Å². The van der Waals surface area contributed by atoms with Gasteiger partial charge >= 0.3 is 6.03 Å². The van der Waals surface area contributed by atoms with E-state index in [1.807, 2.05) is 6.92 Å². The van der Waals surface area contributed by atoms with Gasteiger partial charge in [-0.1, -0.05) is 12.1 Å². The number of carbonyl (C=O) groups is 1. The Hall–Kier alpha value is -2.96. The van der Waals surface area contributed by atoms with Crippen LogP contribution < -0.4 is 24.8 Å². The Morgan fingerprint density at radius 3 is 2.04 bits per heavy atom. The summed E-state index contributed by atoms with van der Waals surface area (Å²) >= 11 is 0. The minimum atomic E-state index is -0.411. The quantitative estimate of drug-likeness (QED) is 0.834. The van der Waals surface area contributed by atoms with E-state index in [4.69, 9.17) is 14.2 Å². The molecule has 0 fully saturated rings. The van der Waals surface area contributed by atoms with Crippen LogP contribution in [0.1, 0.15) is 18.5 Å². The maximum atomic E-state index is 13.0. The summed E-state index contributed by atoms with van der Waals surface area (Å²) in [5.41, 5.74) is 1.28. The molecule has 0 saturated heterocycles. The molecule has 1 atom stereocenters. The van der Waals surface area contributed by atoms with Crippen LogP contribution in [0.15, 0.2) is 36.4 Å². The molecule has 2 aromatic rings. The third-order valence-electron chi connectivity index (χ3n) is 3.64. The number of amides is 2. The lowest BCUT2D eigenvalue weighted by Gasteiger charge is -2.17. The summed E-state index contributed by atoms with van der Waals surface area (Å²) < 4.78 is 28.7. The predicted octanol–water partition coefficient (Wildman–Crippen LogP) is 3.73. The molecule has 0 aliphatic carbocycles. The van der Waals surface area contributed by atoms with Gasteiger partial charge in [0.1, 0.15) is 5.82 Å². The third kappa shape index (κ3) is 4.53. The molecule has 0 aliphatic heterocycles. The number of nitrogens with one attached hydrogen (secondary N) is 2. The van der Waals surface area contributed by atoms with Crippen molar-refractivity contribution in [2.24, 2.45) is 0 Å². The van der Waals surface area contributed by atoms with Crippen LogP contribution in [-0.4, -0.2) is 27.4 Å². The number of ether oxygens (including phenoxy) is 3. The van der Waals surface area contributed by atoms with Crippen LogP contribution in [0.2, 0.25) is 0 Å². The molecule has 0 radical (unpaired) electrons. The summed E-state index contributed by atoms with van der Waals surface area (Å²) in [6, 6.07) is 8.51. The molecule has 0 spiro atoms. The Kier molecular flexibility index (Phi) is 6.05. The maximum Gasteiger partial charge on any atom is 0.319 e. The molecule has 2 rings (SSSR count). The Morgan fingerprint density at radius 1 is 1.00 bits per heavy atom. The fourth-order valence-corrected chi connectivity index (χ4v) is 2.35. The van der Waals surface area contributed by atoms with E-state index < -0.39 is 6.03 Å². The molecular formula is C18H21FN2O4. The zero-order chi connectivity index (χ0) is 18.4. The van der Waals surface area contributed by atoms with E-state index >= 15 is 0 Å². The van der Waals surface area contributed by atoms with Crippen molar-refractivity contribution in [1.29, 1.82) is 0 Å². The highest BCUT2D eigenvalue weighted by atomic mass is 19.1. The number of methoxy groups -OCH3 is 3. The van der Waals surface area contributed by atoms with Gasteiger partial charge in [0, 0.05) is 12.1 Å². The summed E-state index contributed by atoms with van der Waals surface area (Å²) in [6.07, 6.45) is 0. The van der Waals surface area contributed by atoms with Crippen LogP contribution in [0, 0.1) is 5.82 Å². The SMILES string of the molecule is COc1cc(NC(=O)NC(C)c2ccc(F)cc2)cc(OC)c1OC. The molecule has 25 heavy (non-hydrogen) atoms. The standard InChI is InChI=1S/C18H21FN2O4/c1-11(12-5-7-13(19)8-6-12)20-18(22)21-14-9-15(23-2)17(25-4)16(10-14)24-3/h5-11H,1-4H3,(H2,20,21,22). The van der Waals surface area contributed by atoms with E-state index in [1.165, 1.54) is 33.5 Å². The van der Waals surface area contributed by atoms with Crippen molar-refractivity contribution in [2.75, 3.05) is 26.6 Å². The summed E-state index contributed by atoms with van der Waals surface area (Å²) in [7, 11) is 4.50. The lowest BCUT2D eigenvalue weighted by Crippen LogP contribution is -2.31. The van der Waals surface area contributed by atoms with Gasteiger partial charge in [0.15, 0.2) is 11.5 Å². The number of hydrogen-bond acceptors (Lipinski definition) is 4. The van der Waals surface area contributed by atoms with Crippen LogP contribution in [-0.2, 0) is 0 Å². The number of carbonyl (C=O) groups excluding carboxylic acids is 1. The molecule has 0 aliphatic rings. The third-order valence-corrected chi connectivity index (χ3v) is 3.64. The van der Waals surface area contributed by atoms with Gasteiger partial charge in [-0.05, 0) is 24.6 Å². The van der Waals surface area contributed by atoms with E-state index in [0.717, 1.165) is 5.56 Å². The molecule has 2 amide bonds. The number of rotatable bonds is 6. The first-order valence-electron chi connectivity index (χ1n) is 7.61. The van der Waals surface area contributed by atoms with Crippen LogP contribution in [0.25, 0.3) is 0 Å². The predicted molar refractivity (Wildman–Crippen MR) is 93.1 cm³/mol. The van der Waals surface area contributed by atoms with E-state index in [0.29, 0.717) is 22.9 Å². The summed E-state index contributed by atoms with van der Waals surface area (Å²) in [4.78, 5) is 12.2. The van der Waals surface area contributed by atoms with Gasteiger partial charge in [0.2, 0.25) is 5.75 Å². The smallest absolute Gasteiger partial charge is 0.319 e. The van der Waals surface area contributed by atoms with E-state index in [1.54, 1.807) is 24.3 Å².